The Hall–Kier alpha value is -2.32. The molecule has 2 aliphatic rings. The molecule has 1 amide bonds. The summed E-state index contributed by atoms with van der Waals surface area (Å²) in [6, 6.07) is 10.00. The first-order valence-corrected chi connectivity index (χ1v) is 10.1. The van der Waals surface area contributed by atoms with Crippen molar-refractivity contribution in [3.05, 3.63) is 53.0 Å². The van der Waals surface area contributed by atoms with Crippen molar-refractivity contribution in [1.29, 1.82) is 0 Å². The van der Waals surface area contributed by atoms with Gasteiger partial charge in [0.05, 0.1) is 11.5 Å². The zero-order chi connectivity index (χ0) is 18.6. The molecular weight excluding hydrogens is 364 g/mol. The third-order valence-electron chi connectivity index (χ3n) is 4.79. The minimum atomic E-state index is -0.0139. The molecule has 2 aliphatic heterocycles. The highest BCUT2D eigenvalue weighted by Crippen LogP contribution is 2.35. The van der Waals surface area contributed by atoms with E-state index in [1.165, 1.54) is 0 Å². The van der Waals surface area contributed by atoms with Gasteiger partial charge in [-0.15, -0.1) is 11.8 Å². The highest BCUT2D eigenvalue weighted by molar-refractivity contribution is 8.08. The average molecular weight is 386 g/mol. The van der Waals surface area contributed by atoms with Gasteiger partial charge >= 0.3 is 0 Å². The summed E-state index contributed by atoms with van der Waals surface area (Å²) in [4.78, 5) is 18.2. The second-order valence-corrected chi connectivity index (χ2v) is 7.69. The van der Waals surface area contributed by atoms with Crippen LogP contribution in [0.5, 0.6) is 0 Å². The molecular formula is C19H22N4O3S. The van der Waals surface area contributed by atoms with E-state index in [9.17, 15) is 4.79 Å². The number of benzene rings is 1. The number of aryl methyl sites for hydroxylation is 1. The van der Waals surface area contributed by atoms with Crippen LogP contribution in [-0.4, -0.2) is 64.6 Å². The molecule has 0 atom stereocenters. The summed E-state index contributed by atoms with van der Waals surface area (Å²) in [5.41, 5.74) is 2.72. The molecule has 142 valence electrons. The number of thioether (sulfide) groups is 1. The maximum absolute atomic E-state index is 13.1. The van der Waals surface area contributed by atoms with E-state index in [-0.39, 0.29) is 5.91 Å². The van der Waals surface area contributed by atoms with E-state index in [2.05, 4.69) is 15.2 Å². The quantitative estimate of drug-likeness (QED) is 0.797. The Morgan fingerprint density at radius 3 is 2.63 bits per heavy atom. The first kappa shape index (κ1) is 18.1. The number of aromatic nitrogens is 2. The van der Waals surface area contributed by atoms with Crippen molar-refractivity contribution >= 4 is 22.6 Å². The molecule has 1 saturated heterocycles. The van der Waals surface area contributed by atoms with E-state index in [1.54, 1.807) is 11.8 Å². The Balaban J connectivity index is 1.44. The Bertz CT molecular complexity index is 828. The van der Waals surface area contributed by atoms with Crippen molar-refractivity contribution in [2.75, 3.05) is 38.5 Å². The molecule has 7 nitrogen and oxygen atoms in total. The smallest absolute Gasteiger partial charge is 0.290 e. The van der Waals surface area contributed by atoms with Gasteiger partial charge in [-0.1, -0.05) is 40.6 Å². The molecule has 4 rings (SSSR count). The van der Waals surface area contributed by atoms with Crippen LogP contribution in [0.2, 0.25) is 0 Å². The molecule has 0 bridgehead atoms. The van der Waals surface area contributed by atoms with Gasteiger partial charge in [-0.05, 0) is 12.5 Å². The van der Waals surface area contributed by atoms with E-state index < -0.39 is 0 Å². The first-order valence-electron chi connectivity index (χ1n) is 9.07. The summed E-state index contributed by atoms with van der Waals surface area (Å²) in [6.45, 7) is 6.08. The van der Waals surface area contributed by atoms with Crippen LogP contribution < -0.4 is 0 Å². The van der Waals surface area contributed by atoms with E-state index in [4.69, 9.17) is 9.37 Å². The maximum Gasteiger partial charge on any atom is 0.290 e. The monoisotopic (exact) mass is 386 g/mol. The fourth-order valence-electron chi connectivity index (χ4n) is 3.24. The van der Waals surface area contributed by atoms with Crippen LogP contribution in [-0.2, 0) is 16.1 Å². The molecule has 1 fully saturated rings. The van der Waals surface area contributed by atoms with Gasteiger partial charge in [0.1, 0.15) is 11.4 Å². The number of hydrogen-bond acceptors (Lipinski definition) is 7. The standard InChI is InChI=1S/C19H22N4O3S/c1-14-16(21-26-20-14)13-22-7-9-23(10-8-22)19(24)17-18(27-12-11-25-17)15-5-3-2-4-6-15/h2-6H,7-13H2,1H3. The van der Waals surface area contributed by atoms with E-state index in [1.807, 2.05) is 42.2 Å². The average Bonchev–Trinajstić information content (AvgIpc) is 3.13. The lowest BCUT2D eigenvalue weighted by Gasteiger charge is -2.35. The van der Waals surface area contributed by atoms with Gasteiger partial charge in [-0.2, -0.15) is 0 Å². The normalized spacial score (nSPS) is 18.5. The lowest BCUT2D eigenvalue weighted by molar-refractivity contribution is -0.132. The Labute approximate surface area is 162 Å². The fourth-order valence-corrected chi connectivity index (χ4v) is 4.19. The predicted octanol–water partition coefficient (Wildman–Crippen LogP) is 2.15. The maximum atomic E-state index is 13.1. The molecule has 0 saturated carbocycles. The van der Waals surface area contributed by atoms with Crippen LogP contribution in [0.1, 0.15) is 17.0 Å². The summed E-state index contributed by atoms with van der Waals surface area (Å²) < 4.78 is 10.6. The van der Waals surface area contributed by atoms with Crippen LogP contribution >= 0.6 is 11.8 Å². The number of rotatable bonds is 4. The molecule has 0 spiro atoms. The number of hydrogen-bond donors (Lipinski definition) is 0. The number of carbonyl (C=O) groups excluding carboxylic acids is 1. The Morgan fingerprint density at radius 2 is 1.93 bits per heavy atom. The molecule has 0 radical (unpaired) electrons. The van der Waals surface area contributed by atoms with Crippen LogP contribution in [0, 0.1) is 6.92 Å². The van der Waals surface area contributed by atoms with Crippen molar-refractivity contribution in [3.63, 3.8) is 0 Å². The largest absolute Gasteiger partial charge is 0.486 e. The molecule has 27 heavy (non-hydrogen) atoms. The lowest BCUT2D eigenvalue weighted by atomic mass is 10.2. The third-order valence-corrected chi connectivity index (χ3v) is 5.87. The van der Waals surface area contributed by atoms with Crippen LogP contribution in [0.4, 0.5) is 0 Å². The number of piperazine rings is 1. The van der Waals surface area contributed by atoms with Crippen molar-refractivity contribution in [2.24, 2.45) is 0 Å². The SMILES string of the molecule is Cc1nonc1CN1CCN(C(=O)C2=C(c3ccccc3)SCCO2)CC1. The summed E-state index contributed by atoms with van der Waals surface area (Å²) in [6.07, 6.45) is 0. The second kappa shape index (κ2) is 8.14. The predicted molar refractivity (Wildman–Crippen MR) is 103 cm³/mol. The second-order valence-electron chi connectivity index (χ2n) is 6.59. The van der Waals surface area contributed by atoms with Gasteiger partial charge in [0.25, 0.3) is 5.91 Å². The van der Waals surface area contributed by atoms with Crippen LogP contribution in [0.3, 0.4) is 0 Å². The summed E-state index contributed by atoms with van der Waals surface area (Å²) in [5, 5.41) is 7.76. The van der Waals surface area contributed by atoms with Crippen molar-refractivity contribution in [1.82, 2.24) is 20.1 Å². The van der Waals surface area contributed by atoms with Gasteiger partial charge in [0.15, 0.2) is 5.76 Å². The zero-order valence-corrected chi connectivity index (χ0v) is 16.1. The molecule has 1 aromatic carbocycles. The Kier molecular flexibility index (Phi) is 5.45. The van der Waals surface area contributed by atoms with Gasteiger partial charge in [0, 0.05) is 38.5 Å². The van der Waals surface area contributed by atoms with Gasteiger partial charge in [-0.3, -0.25) is 9.69 Å². The van der Waals surface area contributed by atoms with Crippen LogP contribution in [0.15, 0.2) is 40.7 Å². The van der Waals surface area contributed by atoms with E-state index in [0.29, 0.717) is 32.0 Å². The van der Waals surface area contributed by atoms with Crippen molar-refractivity contribution in [3.8, 4) is 0 Å². The number of amides is 1. The first-order chi connectivity index (χ1) is 13.2. The number of carbonyl (C=O) groups is 1. The topological polar surface area (TPSA) is 71.7 Å². The molecule has 1 aromatic heterocycles. The lowest BCUT2D eigenvalue weighted by Crippen LogP contribution is -2.49. The highest BCUT2D eigenvalue weighted by Gasteiger charge is 2.29. The molecule has 0 N–H and O–H groups in total. The molecule has 8 heteroatoms. The van der Waals surface area contributed by atoms with E-state index >= 15 is 0 Å². The fraction of sp³-hybridized carbons (Fsp3) is 0.421. The summed E-state index contributed by atoms with van der Waals surface area (Å²) >= 11 is 1.69. The molecule has 3 heterocycles. The van der Waals surface area contributed by atoms with Gasteiger partial charge < -0.3 is 9.64 Å². The summed E-state index contributed by atoms with van der Waals surface area (Å²) in [7, 11) is 0. The van der Waals surface area contributed by atoms with Crippen molar-refractivity contribution < 1.29 is 14.2 Å². The number of nitrogens with zero attached hydrogens (tertiary/aromatic N) is 4. The highest BCUT2D eigenvalue weighted by atomic mass is 32.2. The zero-order valence-electron chi connectivity index (χ0n) is 15.3. The third kappa shape index (κ3) is 4.01. The summed E-state index contributed by atoms with van der Waals surface area (Å²) in [5.74, 6) is 1.34. The van der Waals surface area contributed by atoms with E-state index in [0.717, 1.165) is 40.7 Å². The Morgan fingerprint density at radius 1 is 1.15 bits per heavy atom. The van der Waals surface area contributed by atoms with Gasteiger partial charge in [-0.25, -0.2) is 4.63 Å². The van der Waals surface area contributed by atoms with Crippen molar-refractivity contribution in [2.45, 2.75) is 13.5 Å². The van der Waals surface area contributed by atoms with Gasteiger partial charge in [0.2, 0.25) is 0 Å². The molecule has 0 unspecified atom stereocenters. The minimum Gasteiger partial charge on any atom is -0.486 e. The molecule has 2 aromatic rings. The number of ether oxygens (including phenoxy) is 1. The van der Waals surface area contributed by atoms with Crippen LogP contribution in [0.25, 0.3) is 4.91 Å². The molecule has 0 aliphatic carbocycles. The minimum absolute atomic E-state index is 0.0139.